The fourth-order valence-corrected chi connectivity index (χ4v) is 7.04. The van der Waals surface area contributed by atoms with Gasteiger partial charge in [-0.15, -0.1) is 34.4 Å². The maximum absolute atomic E-state index is 13.6. The van der Waals surface area contributed by atoms with E-state index < -0.39 is 0 Å². The van der Waals surface area contributed by atoms with Gasteiger partial charge in [0.25, 0.3) is 11.8 Å². The number of amides is 2. The Morgan fingerprint density at radius 2 is 2.03 bits per heavy atom. The molecule has 0 radical (unpaired) electrons. The van der Waals surface area contributed by atoms with Crippen molar-refractivity contribution in [3.05, 3.63) is 61.9 Å². The molecule has 12 heteroatoms. The first kappa shape index (κ1) is 23.6. The Hall–Kier alpha value is -2.11. The van der Waals surface area contributed by atoms with E-state index >= 15 is 0 Å². The van der Waals surface area contributed by atoms with Crippen molar-refractivity contribution in [2.45, 2.75) is 19.9 Å². The number of rotatable bonds is 5. The summed E-state index contributed by atoms with van der Waals surface area (Å²) in [7, 11) is 0. The molecule has 1 atom stereocenters. The van der Waals surface area contributed by atoms with Crippen LogP contribution in [0.4, 0.5) is 0 Å². The van der Waals surface area contributed by atoms with Crippen LogP contribution in [0.3, 0.4) is 0 Å². The van der Waals surface area contributed by atoms with E-state index in [1.807, 2.05) is 31.5 Å². The number of halogens is 2. The number of fused-ring (bicyclic) bond motifs is 1. The van der Waals surface area contributed by atoms with Gasteiger partial charge in [-0.1, -0.05) is 29.3 Å². The smallest absolute Gasteiger partial charge is 0.275 e. The van der Waals surface area contributed by atoms with Crippen molar-refractivity contribution in [1.82, 2.24) is 24.6 Å². The third-order valence-corrected chi connectivity index (χ3v) is 9.11. The van der Waals surface area contributed by atoms with Crippen LogP contribution in [0, 0.1) is 13.8 Å². The lowest BCUT2D eigenvalue weighted by Gasteiger charge is -2.23. The van der Waals surface area contributed by atoms with Crippen molar-refractivity contribution in [1.29, 1.82) is 0 Å². The third-order valence-electron chi connectivity index (χ3n) is 5.51. The minimum absolute atomic E-state index is 0.142. The highest BCUT2D eigenvalue weighted by Crippen LogP contribution is 2.36. The average Bonchev–Trinajstić information content (AvgIpc) is 3.57. The molecular formula is C22H19Cl2N5O2S3. The standard InChI is InChI=1S/C22H19Cl2N5O2S3/c1-11-18(28-5-6-33-22(28)26-11)20(30)25-8-14-9-32-10-29(14)21(31)17-19(34-12(2)27-17)13-3-4-15(23)16(24)7-13/h3-7,14H,8-10H2,1-2H3,(H,25,30)/t14-/m1/s1. The summed E-state index contributed by atoms with van der Waals surface area (Å²) < 4.78 is 1.79. The monoisotopic (exact) mass is 551 g/mol. The number of hydrogen-bond acceptors (Lipinski definition) is 7. The molecule has 1 fully saturated rings. The number of aromatic nitrogens is 3. The maximum Gasteiger partial charge on any atom is 0.275 e. The predicted molar refractivity (Wildman–Crippen MR) is 140 cm³/mol. The molecule has 0 spiro atoms. The molecule has 5 rings (SSSR count). The van der Waals surface area contributed by atoms with Crippen LogP contribution in [0.15, 0.2) is 29.8 Å². The Morgan fingerprint density at radius 1 is 1.21 bits per heavy atom. The highest BCUT2D eigenvalue weighted by atomic mass is 35.5. The topological polar surface area (TPSA) is 79.6 Å². The molecule has 1 aromatic carbocycles. The normalized spacial score (nSPS) is 15.9. The first-order valence-corrected chi connectivity index (χ1v) is 14.0. The molecule has 4 heterocycles. The molecule has 3 aromatic heterocycles. The fraction of sp³-hybridized carbons (Fsp3) is 0.273. The first-order chi connectivity index (χ1) is 16.3. The van der Waals surface area contributed by atoms with Crippen molar-refractivity contribution < 1.29 is 9.59 Å². The van der Waals surface area contributed by atoms with E-state index in [2.05, 4.69) is 15.3 Å². The molecule has 1 N–H and O–H groups in total. The highest BCUT2D eigenvalue weighted by Gasteiger charge is 2.33. The minimum atomic E-state index is -0.200. The lowest BCUT2D eigenvalue weighted by Crippen LogP contribution is -2.44. The third kappa shape index (κ3) is 4.33. The Balaban J connectivity index is 1.35. The Bertz CT molecular complexity index is 1410. The minimum Gasteiger partial charge on any atom is -0.349 e. The molecule has 7 nitrogen and oxygen atoms in total. The number of nitrogens with one attached hydrogen (secondary N) is 1. The summed E-state index contributed by atoms with van der Waals surface area (Å²) in [6.45, 7) is 4.04. The predicted octanol–water partition coefficient (Wildman–Crippen LogP) is 5.39. The molecule has 1 saturated heterocycles. The van der Waals surface area contributed by atoms with E-state index in [0.29, 0.717) is 39.5 Å². The molecule has 0 unspecified atom stereocenters. The molecule has 0 saturated carbocycles. The van der Waals surface area contributed by atoms with Gasteiger partial charge in [0.15, 0.2) is 4.96 Å². The van der Waals surface area contributed by atoms with Crippen LogP contribution in [0.2, 0.25) is 10.0 Å². The number of carbonyl (C=O) groups excluding carboxylic acids is 2. The van der Waals surface area contributed by atoms with Crippen LogP contribution in [-0.2, 0) is 0 Å². The van der Waals surface area contributed by atoms with Gasteiger partial charge in [0.1, 0.15) is 11.4 Å². The van der Waals surface area contributed by atoms with Crippen molar-refractivity contribution in [2.75, 3.05) is 18.2 Å². The van der Waals surface area contributed by atoms with Crippen LogP contribution in [0.5, 0.6) is 0 Å². The summed E-state index contributed by atoms with van der Waals surface area (Å²) in [6, 6.07) is 5.17. The highest BCUT2D eigenvalue weighted by molar-refractivity contribution is 7.99. The van der Waals surface area contributed by atoms with Crippen LogP contribution in [0.1, 0.15) is 31.7 Å². The summed E-state index contributed by atoms with van der Waals surface area (Å²) >= 11 is 16.9. The number of aryl methyl sites for hydroxylation is 2. The van der Waals surface area contributed by atoms with Gasteiger partial charge in [0, 0.05) is 23.9 Å². The molecule has 176 valence electrons. The van der Waals surface area contributed by atoms with E-state index in [1.165, 1.54) is 22.7 Å². The van der Waals surface area contributed by atoms with E-state index in [4.69, 9.17) is 23.2 Å². The first-order valence-electron chi connectivity index (χ1n) is 10.4. The Kier molecular flexibility index (Phi) is 6.60. The van der Waals surface area contributed by atoms with E-state index in [9.17, 15) is 9.59 Å². The number of nitrogens with zero attached hydrogens (tertiary/aromatic N) is 4. The number of hydrogen-bond donors (Lipinski definition) is 1. The Morgan fingerprint density at radius 3 is 2.82 bits per heavy atom. The molecular weight excluding hydrogens is 533 g/mol. The molecule has 34 heavy (non-hydrogen) atoms. The summed E-state index contributed by atoms with van der Waals surface area (Å²) in [5.74, 6) is 0.914. The SMILES string of the molecule is Cc1nc(C(=O)N2CSC[C@H]2CNC(=O)c2c(C)nc3sccn23)c(-c2ccc(Cl)c(Cl)c2)s1. The zero-order valence-corrected chi connectivity index (χ0v) is 22.1. The van der Waals surface area contributed by atoms with Crippen molar-refractivity contribution in [3.8, 4) is 10.4 Å². The van der Waals surface area contributed by atoms with Gasteiger partial charge >= 0.3 is 0 Å². The summed E-state index contributed by atoms with van der Waals surface area (Å²) in [4.78, 5) is 38.8. The molecule has 4 aromatic rings. The van der Waals surface area contributed by atoms with Crippen LogP contribution >= 0.6 is 57.6 Å². The number of thioether (sulfide) groups is 1. The zero-order chi connectivity index (χ0) is 24.0. The fourth-order valence-electron chi connectivity index (χ4n) is 3.88. The molecule has 1 aliphatic rings. The summed E-state index contributed by atoms with van der Waals surface area (Å²) in [5.41, 5.74) is 2.40. The molecule has 2 amide bonds. The van der Waals surface area contributed by atoms with Gasteiger partial charge < -0.3 is 10.2 Å². The zero-order valence-electron chi connectivity index (χ0n) is 18.2. The molecule has 1 aliphatic heterocycles. The molecule has 0 aliphatic carbocycles. The van der Waals surface area contributed by atoms with Gasteiger partial charge in [-0.3, -0.25) is 14.0 Å². The van der Waals surface area contributed by atoms with Crippen LogP contribution in [-0.4, -0.2) is 55.3 Å². The number of carbonyl (C=O) groups is 2. The largest absolute Gasteiger partial charge is 0.349 e. The second-order valence-corrected chi connectivity index (χ2v) is 11.7. The van der Waals surface area contributed by atoms with Crippen molar-refractivity contribution in [3.63, 3.8) is 0 Å². The van der Waals surface area contributed by atoms with E-state index in [1.54, 1.807) is 33.2 Å². The van der Waals surface area contributed by atoms with Crippen molar-refractivity contribution >= 4 is 74.4 Å². The second kappa shape index (κ2) is 9.50. The van der Waals surface area contributed by atoms with Gasteiger partial charge in [0.2, 0.25) is 0 Å². The second-order valence-electron chi connectivity index (χ2n) is 7.78. The number of thiazole rings is 2. The van der Waals surface area contributed by atoms with Crippen LogP contribution < -0.4 is 5.32 Å². The van der Waals surface area contributed by atoms with Gasteiger partial charge in [-0.25, -0.2) is 9.97 Å². The maximum atomic E-state index is 13.6. The van der Waals surface area contributed by atoms with Gasteiger partial charge in [0.05, 0.1) is 37.5 Å². The van der Waals surface area contributed by atoms with Crippen molar-refractivity contribution in [2.24, 2.45) is 0 Å². The summed E-state index contributed by atoms with van der Waals surface area (Å²) in [6.07, 6.45) is 1.84. The quantitative estimate of drug-likeness (QED) is 0.359. The average molecular weight is 553 g/mol. The lowest BCUT2D eigenvalue weighted by molar-refractivity contribution is 0.0731. The van der Waals surface area contributed by atoms with E-state index in [0.717, 1.165) is 26.2 Å². The number of benzene rings is 1. The van der Waals surface area contributed by atoms with Gasteiger partial charge in [-0.2, -0.15) is 0 Å². The lowest BCUT2D eigenvalue weighted by atomic mass is 10.1. The van der Waals surface area contributed by atoms with Crippen LogP contribution in [0.25, 0.3) is 15.4 Å². The van der Waals surface area contributed by atoms with E-state index in [-0.39, 0.29) is 17.9 Å². The molecule has 0 bridgehead atoms. The summed E-state index contributed by atoms with van der Waals surface area (Å²) in [5, 5.41) is 6.57. The van der Waals surface area contributed by atoms with Gasteiger partial charge in [-0.05, 0) is 31.5 Å². The Labute approximate surface area is 218 Å². The number of imidazole rings is 1.